The number of halogens is 1. The third kappa shape index (κ3) is 2.14. The van der Waals surface area contributed by atoms with Crippen molar-refractivity contribution in [1.82, 2.24) is 15.0 Å². The monoisotopic (exact) mass is 306 g/mol. The van der Waals surface area contributed by atoms with Gasteiger partial charge in [-0.05, 0) is 24.3 Å². The summed E-state index contributed by atoms with van der Waals surface area (Å²) in [5.41, 5.74) is 1.63. The second-order valence-corrected chi connectivity index (χ2v) is 5.29. The van der Waals surface area contributed by atoms with Gasteiger partial charge in [-0.25, -0.2) is 4.98 Å². The number of rotatable bonds is 2. The number of nitrogens with one attached hydrogen (secondary N) is 1. The zero-order valence-electron chi connectivity index (χ0n) is 11.5. The minimum atomic E-state index is 0.651. The van der Waals surface area contributed by atoms with Crippen LogP contribution in [0.1, 0.15) is 0 Å². The van der Waals surface area contributed by atoms with E-state index in [4.69, 9.17) is 11.6 Å². The third-order valence-corrected chi connectivity index (χ3v) is 3.86. The van der Waals surface area contributed by atoms with Gasteiger partial charge in [-0.3, -0.25) is 9.97 Å². The molecule has 4 aromatic rings. The number of nitrogens with zero attached hydrogens (tertiary/aromatic N) is 3. The van der Waals surface area contributed by atoms with Crippen LogP contribution in [-0.2, 0) is 0 Å². The molecule has 0 fully saturated rings. The van der Waals surface area contributed by atoms with E-state index < -0.39 is 0 Å². The number of anilines is 2. The minimum Gasteiger partial charge on any atom is -0.338 e. The van der Waals surface area contributed by atoms with Gasteiger partial charge in [0.25, 0.3) is 0 Å². The molecule has 0 unspecified atom stereocenters. The molecule has 0 saturated carbocycles. The summed E-state index contributed by atoms with van der Waals surface area (Å²) >= 11 is 6.23. The first-order chi connectivity index (χ1) is 10.8. The van der Waals surface area contributed by atoms with Gasteiger partial charge in [0.05, 0.1) is 22.4 Å². The smallest absolute Gasteiger partial charge is 0.139 e. The lowest BCUT2D eigenvalue weighted by atomic mass is 10.1. The van der Waals surface area contributed by atoms with Crippen LogP contribution >= 0.6 is 11.6 Å². The number of hydrogen-bond acceptors (Lipinski definition) is 4. The molecule has 3 heterocycles. The molecule has 0 amide bonds. The molecular weight excluding hydrogens is 296 g/mol. The highest BCUT2D eigenvalue weighted by molar-refractivity contribution is 6.33. The highest BCUT2D eigenvalue weighted by Gasteiger charge is 2.09. The number of hydrogen-bond donors (Lipinski definition) is 1. The van der Waals surface area contributed by atoms with Crippen LogP contribution in [0, 0.1) is 0 Å². The lowest BCUT2D eigenvalue weighted by Crippen LogP contribution is -1.97. The maximum atomic E-state index is 6.23. The van der Waals surface area contributed by atoms with Gasteiger partial charge in [0.1, 0.15) is 5.82 Å². The molecule has 0 aliphatic rings. The molecule has 0 bridgehead atoms. The van der Waals surface area contributed by atoms with Crippen LogP contribution in [0.4, 0.5) is 11.5 Å². The highest BCUT2D eigenvalue weighted by atomic mass is 35.5. The van der Waals surface area contributed by atoms with Crippen molar-refractivity contribution in [2.24, 2.45) is 0 Å². The molecule has 4 rings (SSSR count). The van der Waals surface area contributed by atoms with E-state index in [1.807, 2.05) is 42.6 Å². The Morgan fingerprint density at radius 3 is 2.45 bits per heavy atom. The molecule has 1 N–H and O–H groups in total. The summed E-state index contributed by atoms with van der Waals surface area (Å²) in [6.07, 6.45) is 7.11. The van der Waals surface area contributed by atoms with Crippen molar-refractivity contribution in [2.75, 3.05) is 5.32 Å². The van der Waals surface area contributed by atoms with Crippen molar-refractivity contribution in [2.45, 2.75) is 0 Å². The van der Waals surface area contributed by atoms with E-state index in [1.165, 1.54) is 0 Å². The van der Waals surface area contributed by atoms with Gasteiger partial charge in [-0.2, -0.15) is 0 Å². The Hall–Kier alpha value is -2.72. The van der Waals surface area contributed by atoms with E-state index in [1.54, 1.807) is 18.6 Å². The predicted molar refractivity (Wildman–Crippen MR) is 89.6 cm³/mol. The number of fused-ring (bicyclic) bond motifs is 3. The van der Waals surface area contributed by atoms with Crippen LogP contribution in [0.2, 0.25) is 5.02 Å². The van der Waals surface area contributed by atoms with E-state index >= 15 is 0 Å². The molecule has 4 nitrogen and oxygen atoms in total. The highest BCUT2D eigenvalue weighted by Crippen LogP contribution is 2.31. The second-order valence-electron chi connectivity index (χ2n) is 4.88. The Kier molecular flexibility index (Phi) is 3.09. The first kappa shape index (κ1) is 13.0. The van der Waals surface area contributed by atoms with Crippen LogP contribution < -0.4 is 5.32 Å². The molecule has 0 atom stereocenters. The standard InChI is InChI=1S/C17H11ClN4/c18-14-3-1-2-4-15(14)21-17-12-6-8-19-9-13(12)11-5-7-20-10-16(11)22-17/h1-10H,(H,21,22). The normalized spacial score (nSPS) is 11.0. The Morgan fingerprint density at radius 1 is 0.818 bits per heavy atom. The predicted octanol–water partition coefficient (Wildman–Crippen LogP) is 4.58. The SMILES string of the molecule is Clc1ccccc1Nc1nc2cnccc2c2cnccc12. The van der Waals surface area contributed by atoms with Gasteiger partial charge in [0.15, 0.2) is 0 Å². The Bertz CT molecular complexity index is 984. The van der Waals surface area contributed by atoms with Crippen LogP contribution in [-0.4, -0.2) is 15.0 Å². The molecule has 0 radical (unpaired) electrons. The fourth-order valence-electron chi connectivity index (χ4n) is 2.48. The molecule has 0 aliphatic heterocycles. The van der Waals surface area contributed by atoms with Crippen molar-refractivity contribution in [3.63, 3.8) is 0 Å². The molecule has 3 aromatic heterocycles. The molecule has 0 aliphatic carbocycles. The summed E-state index contributed by atoms with van der Waals surface area (Å²) in [7, 11) is 0. The van der Waals surface area contributed by atoms with Crippen LogP contribution in [0.15, 0.2) is 61.2 Å². The average Bonchev–Trinajstić information content (AvgIpc) is 2.57. The second kappa shape index (κ2) is 5.24. The summed E-state index contributed by atoms with van der Waals surface area (Å²) in [6, 6.07) is 11.5. The number of pyridine rings is 3. The van der Waals surface area contributed by atoms with Crippen molar-refractivity contribution < 1.29 is 0 Å². The van der Waals surface area contributed by atoms with E-state index in [9.17, 15) is 0 Å². The molecule has 0 spiro atoms. The summed E-state index contributed by atoms with van der Waals surface area (Å²) in [5, 5.41) is 7.02. The van der Waals surface area contributed by atoms with E-state index in [-0.39, 0.29) is 0 Å². The van der Waals surface area contributed by atoms with E-state index in [0.717, 1.165) is 33.2 Å². The van der Waals surface area contributed by atoms with Gasteiger partial charge in [0, 0.05) is 34.7 Å². The van der Waals surface area contributed by atoms with Gasteiger partial charge in [0.2, 0.25) is 0 Å². The van der Waals surface area contributed by atoms with Crippen LogP contribution in [0.25, 0.3) is 21.7 Å². The molecule has 0 saturated heterocycles. The van der Waals surface area contributed by atoms with Crippen molar-refractivity contribution in [3.8, 4) is 0 Å². The lowest BCUT2D eigenvalue weighted by Gasteiger charge is -2.12. The number of para-hydroxylation sites is 1. The van der Waals surface area contributed by atoms with Crippen LogP contribution in [0.3, 0.4) is 0 Å². The maximum absolute atomic E-state index is 6.23. The van der Waals surface area contributed by atoms with Crippen molar-refractivity contribution >= 4 is 44.8 Å². The quantitative estimate of drug-likeness (QED) is 0.551. The first-order valence-corrected chi connectivity index (χ1v) is 7.20. The average molecular weight is 307 g/mol. The summed E-state index contributed by atoms with van der Waals surface area (Å²) < 4.78 is 0. The van der Waals surface area contributed by atoms with Crippen molar-refractivity contribution in [1.29, 1.82) is 0 Å². The Labute approximate surface area is 131 Å². The largest absolute Gasteiger partial charge is 0.338 e. The minimum absolute atomic E-state index is 0.651. The summed E-state index contributed by atoms with van der Waals surface area (Å²) in [4.78, 5) is 13.1. The lowest BCUT2D eigenvalue weighted by molar-refractivity contribution is 1.30. The van der Waals surface area contributed by atoms with Crippen molar-refractivity contribution in [3.05, 3.63) is 66.2 Å². The molecule has 5 heteroatoms. The summed E-state index contributed by atoms with van der Waals surface area (Å²) in [6.45, 7) is 0. The zero-order chi connectivity index (χ0) is 14.9. The van der Waals surface area contributed by atoms with E-state index in [2.05, 4.69) is 20.3 Å². The maximum Gasteiger partial charge on any atom is 0.139 e. The van der Waals surface area contributed by atoms with Gasteiger partial charge < -0.3 is 5.32 Å². The van der Waals surface area contributed by atoms with Gasteiger partial charge in [-0.1, -0.05) is 23.7 Å². The van der Waals surface area contributed by atoms with Gasteiger partial charge >= 0.3 is 0 Å². The van der Waals surface area contributed by atoms with Crippen LogP contribution in [0.5, 0.6) is 0 Å². The first-order valence-electron chi connectivity index (χ1n) is 6.82. The Morgan fingerprint density at radius 2 is 1.59 bits per heavy atom. The summed E-state index contributed by atoms with van der Waals surface area (Å²) in [5.74, 6) is 0.742. The fourth-order valence-corrected chi connectivity index (χ4v) is 2.67. The Balaban J connectivity index is 1.98. The molecule has 1 aromatic carbocycles. The topological polar surface area (TPSA) is 50.7 Å². The third-order valence-electron chi connectivity index (χ3n) is 3.53. The molecular formula is C17H11ClN4. The molecule has 22 heavy (non-hydrogen) atoms. The fraction of sp³-hybridized carbons (Fsp3) is 0. The number of benzene rings is 1. The zero-order valence-corrected chi connectivity index (χ0v) is 12.2. The van der Waals surface area contributed by atoms with Gasteiger partial charge in [-0.15, -0.1) is 0 Å². The van der Waals surface area contributed by atoms with E-state index in [0.29, 0.717) is 5.02 Å². The number of aromatic nitrogens is 3. The molecule has 106 valence electrons.